The van der Waals surface area contributed by atoms with Gasteiger partial charge in [0.15, 0.2) is 0 Å². The largest absolute Gasteiger partial charge is 0.368 e. The van der Waals surface area contributed by atoms with Crippen LogP contribution in [0, 0.1) is 0 Å². The molecule has 0 aliphatic rings. The predicted molar refractivity (Wildman–Crippen MR) is 38.2 cm³/mol. The number of nitrogens with zero attached hydrogens (tertiary/aromatic N) is 2. The van der Waals surface area contributed by atoms with Crippen molar-refractivity contribution in [1.29, 1.82) is 0 Å². The van der Waals surface area contributed by atoms with Gasteiger partial charge in [-0.25, -0.2) is 9.97 Å². The van der Waals surface area contributed by atoms with E-state index in [2.05, 4.69) is 9.97 Å². The van der Waals surface area contributed by atoms with Crippen molar-refractivity contribution in [3.8, 4) is 0 Å². The molecule has 0 aliphatic heterocycles. The van der Waals surface area contributed by atoms with Crippen LogP contribution in [0.1, 0.15) is 11.7 Å². The minimum absolute atomic E-state index is 0.438. The van der Waals surface area contributed by atoms with E-state index in [1.165, 1.54) is 12.5 Å². The van der Waals surface area contributed by atoms with Crippen molar-refractivity contribution in [2.45, 2.75) is 6.04 Å². The van der Waals surface area contributed by atoms with Gasteiger partial charge in [-0.3, -0.25) is 4.79 Å². The minimum atomic E-state index is -0.835. The van der Waals surface area contributed by atoms with Gasteiger partial charge < -0.3 is 11.5 Å². The van der Waals surface area contributed by atoms with E-state index in [-0.39, 0.29) is 0 Å². The normalized spacial score (nSPS) is 12.5. The second-order valence-electron chi connectivity index (χ2n) is 2.01. The number of carbonyl (C=O) groups is 1. The SMILES string of the molecule is NC(=O)[C@@H](N)c1ccncn1. The third kappa shape index (κ3) is 1.71. The lowest BCUT2D eigenvalue weighted by Crippen LogP contribution is -2.28. The number of hydrogen-bond donors (Lipinski definition) is 2. The Kier molecular flexibility index (Phi) is 2.12. The summed E-state index contributed by atoms with van der Waals surface area (Å²) < 4.78 is 0. The van der Waals surface area contributed by atoms with Gasteiger partial charge in [0.2, 0.25) is 5.91 Å². The zero-order valence-electron chi connectivity index (χ0n) is 5.77. The Labute approximate surface area is 63.4 Å². The summed E-state index contributed by atoms with van der Waals surface area (Å²) in [7, 11) is 0. The lowest BCUT2D eigenvalue weighted by atomic mass is 10.2. The van der Waals surface area contributed by atoms with Crippen LogP contribution in [0.4, 0.5) is 0 Å². The molecule has 11 heavy (non-hydrogen) atoms. The fourth-order valence-electron chi connectivity index (χ4n) is 0.631. The van der Waals surface area contributed by atoms with Crippen molar-refractivity contribution in [3.63, 3.8) is 0 Å². The van der Waals surface area contributed by atoms with E-state index in [1.54, 1.807) is 6.07 Å². The van der Waals surface area contributed by atoms with E-state index >= 15 is 0 Å². The van der Waals surface area contributed by atoms with Crippen molar-refractivity contribution >= 4 is 5.91 Å². The molecule has 1 aromatic heterocycles. The van der Waals surface area contributed by atoms with Gasteiger partial charge in [-0.15, -0.1) is 0 Å². The topological polar surface area (TPSA) is 94.9 Å². The highest BCUT2D eigenvalue weighted by atomic mass is 16.1. The molecule has 0 fully saturated rings. The third-order valence-electron chi connectivity index (χ3n) is 1.23. The van der Waals surface area contributed by atoms with E-state index in [9.17, 15) is 4.79 Å². The van der Waals surface area contributed by atoms with E-state index in [0.717, 1.165) is 0 Å². The average Bonchev–Trinajstić information content (AvgIpc) is 2.05. The van der Waals surface area contributed by atoms with Crippen LogP contribution >= 0.6 is 0 Å². The number of aromatic nitrogens is 2. The van der Waals surface area contributed by atoms with Crippen LogP contribution in [-0.4, -0.2) is 15.9 Å². The van der Waals surface area contributed by atoms with Crippen LogP contribution in [0.3, 0.4) is 0 Å². The number of amides is 1. The molecule has 1 amide bonds. The Bertz CT molecular complexity index is 248. The molecule has 1 atom stereocenters. The lowest BCUT2D eigenvalue weighted by Gasteiger charge is -2.03. The molecular formula is C6H8N4O. The quantitative estimate of drug-likeness (QED) is 0.566. The average molecular weight is 152 g/mol. The molecule has 0 saturated carbocycles. The Morgan fingerprint density at radius 2 is 2.36 bits per heavy atom. The van der Waals surface area contributed by atoms with E-state index in [1.807, 2.05) is 0 Å². The molecule has 1 heterocycles. The highest BCUT2D eigenvalue weighted by Gasteiger charge is 2.11. The molecule has 0 radical (unpaired) electrons. The van der Waals surface area contributed by atoms with Crippen LogP contribution in [0.2, 0.25) is 0 Å². The number of hydrogen-bond acceptors (Lipinski definition) is 4. The van der Waals surface area contributed by atoms with Gasteiger partial charge in [-0.05, 0) is 6.07 Å². The number of primary amides is 1. The first-order valence-electron chi connectivity index (χ1n) is 3.02. The predicted octanol–water partition coefficient (Wildman–Crippen LogP) is -1.04. The van der Waals surface area contributed by atoms with Gasteiger partial charge in [0, 0.05) is 6.20 Å². The number of carbonyl (C=O) groups excluding carboxylic acids is 1. The van der Waals surface area contributed by atoms with Gasteiger partial charge in [-0.1, -0.05) is 0 Å². The zero-order valence-corrected chi connectivity index (χ0v) is 5.77. The van der Waals surface area contributed by atoms with E-state index in [4.69, 9.17) is 11.5 Å². The molecule has 0 bridgehead atoms. The molecule has 1 rings (SSSR count). The monoisotopic (exact) mass is 152 g/mol. The van der Waals surface area contributed by atoms with Crippen molar-refractivity contribution in [3.05, 3.63) is 24.3 Å². The van der Waals surface area contributed by atoms with Crippen molar-refractivity contribution in [2.75, 3.05) is 0 Å². The Morgan fingerprint density at radius 1 is 1.64 bits per heavy atom. The highest BCUT2D eigenvalue weighted by Crippen LogP contribution is 2.02. The Morgan fingerprint density at radius 3 is 2.82 bits per heavy atom. The smallest absolute Gasteiger partial charge is 0.240 e. The summed E-state index contributed by atoms with van der Waals surface area (Å²) in [6.07, 6.45) is 2.82. The summed E-state index contributed by atoms with van der Waals surface area (Å²) in [5.74, 6) is -0.594. The Balaban J connectivity index is 2.85. The summed E-state index contributed by atoms with van der Waals surface area (Å²) in [6, 6.07) is 0.716. The molecule has 0 unspecified atom stereocenters. The second-order valence-corrected chi connectivity index (χ2v) is 2.01. The van der Waals surface area contributed by atoms with Crippen LogP contribution in [0.5, 0.6) is 0 Å². The molecule has 58 valence electrons. The number of rotatable bonds is 2. The minimum Gasteiger partial charge on any atom is -0.368 e. The first kappa shape index (κ1) is 7.62. The molecule has 0 aliphatic carbocycles. The third-order valence-corrected chi connectivity index (χ3v) is 1.23. The summed E-state index contributed by atoms with van der Waals surface area (Å²) in [4.78, 5) is 18.0. The van der Waals surface area contributed by atoms with Gasteiger partial charge in [0.1, 0.15) is 12.4 Å². The van der Waals surface area contributed by atoms with Gasteiger partial charge in [-0.2, -0.15) is 0 Å². The van der Waals surface area contributed by atoms with Crippen molar-refractivity contribution < 1.29 is 4.79 Å². The molecule has 5 heteroatoms. The van der Waals surface area contributed by atoms with E-state index in [0.29, 0.717) is 5.69 Å². The first-order chi connectivity index (χ1) is 5.22. The summed E-state index contributed by atoms with van der Waals surface area (Å²) in [5, 5.41) is 0. The maximum absolute atomic E-state index is 10.5. The van der Waals surface area contributed by atoms with Crippen LogP contribution < -0.4 is 11.5 Å². The zero-order chi connectivity index (χ0) is 8.27. The molecule has 1 aromatic rings. The fourth-order valence-corrected chi connectivity index (χ4v) is 0.631. The fraction of sp³-hybridized carbons (Fsp3) is 0.167. The van der Waals surface area contributed by atoms with E-state index < -0.39 is 11.9 Å². The van der Waals surface area contributed by atoms with Gasteiger partial charge in [0.05, 0.1) is 5.69 Å². The maximum atomic E-state index is 10.5. The number of nitrogens with two attached hydrogens (primary N) is 2. The first-order valence-corrected chi connectivity index (χ1v) is 3.02. The van der Waals surface area contributed by atoms with Crippen molar-refractivity contribution in [1.82, 2.24) is 9.97 Å². The van der Waals surface area contributed by atoms with Crippen molar-refractivity contribution in [2.24, 2.45) is 11.5 Å². The van der Waals surface area contributed by atoms with Crippen LogP contribution in [0.15, 0.2) is 18.6 Å². The summed E-state index contributed by atoms with van der Waals surface area (Å²) in [6.45, 7) is 0. The molecule has 5 nitrogen and oxygen atoms in total. The molecule has 4 N–H and O–H groups in total. The standard InChI is InChI=1S/C6H8N4O/c7-5(6(8)11)4-1-2-9-3-10-4/h1-3,5H,7H2,(H2,8,11)/t5-/m0/s1. The van der Waals surface area contributed by atoms with Gasteiger partial charge >= 0.3 is 0 Å². The van der Waals surface area contributed by atoms with Crippen LogP contribution in [0.25, 0.3) is 0 Å². The summed E-state index contributed by atoms with van der Waals surface area (Å²) >= 11 is 0. The second kappa shape index (κ2) is 3.07. The molecular weight excluding hydrogens is 144 g/mol. The lowest BCUT2D eigenvalue weighted by molar-refractivity contribution is -0.119. The molecule has 0 spiro atoms. The summed E-state index contributed by atoms with van der Waals surface area (Å²) in [5.41, 5.74) is 10.8. The Hall–Kier alpha value is -1.49. The molecule has 0 saturated heterocycles. The maximum Gasteiger partial charge on any atom is 0.240 e. The van der Waals surface area contributed by atoms with Gasteiger partial charge in [0.25, 0.3) is 0 Å². The van der Waals surface area contributed by atoms with Crippen LogP contribution in [-0.2, 0) is 4.79 Å². The molecule has 0 aromatic carbocycles. The highest BCUT2D eigenvalue weighted by molar-refractivity contribution is 5.80.